The van der Waals surface area contributed by atoms with Crippen molar-refractivity contribution in [2.75, 3.05) is 17.3 Å². The highest BCUT2D eigenvalue weighted by Gasteiger charge is 2.42. The molecule has 1 fully saturated rings. The molecule has 0 spiro atoms. The number of amides is 1. The minimum absolute atomic E-state index is 0.177. The van der Waals surface area contributed by atoms with Crippen molar-refractivity contribution in [3.05, 3.63) is 102 Å². The SMILES string of the molecule is COc1ccc(N2C(=S)N[C@@H](c3ccccn3)[C@H]2c2cccn2-c2ccc(C)c(C)c2)cc1NC(C)=O. The van der Waals surface area contributed by atoms with Crippen LogP contribution >= 0.6 is 12.2 Å². The number of benzene rings is 2. The Morgan fingerprint density at radius 1 is 1.03 bits per heavy atom. The highest BCUT2D eigenvalue weighted by atomic mass is 32.1. The maximum absolute atomic E-state index is 11.9. The standard InChI is InChI=1S/C29H29N5O2S/c1-18-10-11-21(16-19(18)2)33-15-7-9-25(33)28-27(23-8-5-6-14-30-23)32-29(37)34(28)22-12-13-26(36-4)24(17-22)31-20(3)35/h5-17,27-28H,1-4H3,(H,31,35)(H,32,37)/t27-,28+/m0/s1. The van der Waals surface area contributed by atoms with Crippen LogP contribution in [0.4, 0.5) is 11.4 Å². The highest BCUT2D eigenvalue weighted by molar-refractivity contribution is 7.80. The smallest absolute Gasteiger partial charge is 0.221 e. The average Bonchev–Trinajstić information content (AvgIpc) is 3.50. The van der Waals surface area contributed by atoms with E-state index in [1.54, 1.807) is 13.3 Å². The first-order valence-electron chi connectivity index (χ1n) is 12.1. The molecular weight excluding hydrogens is 482 g/mol. The van der Waals surface area contributed by atoms with Crippen LogP contribution in [0.5, 0.6) is 5.75 Å². The van der Waals surface area contributed by atoms with Gasteiger partial charge in [0.15, 0.2) is 5.11 Å². The lowest BCUT2D eigenvalue weighted by Crippen LogP contribution is -2.30. The van der Waals surface area contributed by atoms with E-state index in [0.717, 1.165) is 22.8 Å². The molecule has 1 saturated heterocycles. The molecule has 1 aliphatic rings. The second-order valence-electron chi connectivity index (χ2n) is 9.13. The van der Waals surface area contributed by atoms with Crippen molar-refractivity contribution in [3.63, 3.8) is 0 Å². The molecule has 0 unspecified atom stereocenters. The van der Waals surface area contributed by atoms with E-state index < -0.39 is 0 Å². The van der Waals surface area contributed by atoms with Gasteiger partial charge in [-0.25, -0.2) is 0 Å². The summed E-state index contributed by atoms with van der Waals surface area (Å²) in [4.78, 5) is 18.6. The fraction of sp³-hybridized carbons (Fsp3) is 0.207. The lowest BCUT2D eigenvalue weighted by molar-refractivity contribution is -0.114. The van der Waals surface area contributed by atoms with Gasteiger partial charge in [0.05, 0.1) is 24.5 Å². The normalized spacial score (nSPS) is 17.0. The molecule has 3 heterocycles. The zero-order valence-electron chi connectivity index (χ0n) is 21.2. The van der Waals surface area contributed by atoms with Crippen LogP contribution in [0, 0.1) is 13.8 Å². The Bertz CT molecular complexity index is 1470. The Balaban J connectivity index is 1.67. The van der Waals surface area contributed by atoms with Gasteiger partial charge in [-0.2, -0.15) is 0 Å². The van der Waals surface area contributed by atoms with E-state index in [1.807, 2.05) is 36.4 Å². The molecule has 8 heteroatoms. The van der Waals surface area contributed by atoms with Crippen LogP contribution in [0.3, 0.4) is 0 Å². The van der Waals surface area contributed by atoms with Crippen LogP contribution in [-0.4, -0.2) is 27.7 Å². The Morgan fingerprint density at radius 3 is 2.54 bits per heavy atom. The molecule has 1 aliphatic heterocycles. The summed E-state index contributed by atoms with van der Waals surface area (Å²) in [5, 5.41) is 6.96. The maximum Gasteiger partial charge on any atom is 0.221 e. The molecule has 0 bridgehead atoms. The van der Waals surface area contributed by atoms with Gasteiger partial charge in [0.2, 0.25) is 5.91 Å². The van der Waals surface area contributed by atoms with Gasteiger partial charge in [-0.05, 0) is 91.8 Å². The summed E-state index contributed by atoms with van der Waals surface area (Å²) in [6, 6.07) is 21.8. The molecule has 2 aromatic heterocycles. The van der Waals surface area contributed by atoms with Crippen LogP contribution in [0.25, 0.3) is 5.69 Å². The number of pyridine rings is 1. The van der Waals surface area contributed by atoms with Crippen LogP contribution in [0.2, 0.25) is 0 Å². The summed E-state index contributed by atoms with van der Waals surface area (Å²) in [6.07, 6.45) is 3.87. The molecule has 0 saturated carbocycles. The first-order chi connectivity index (χ1) is 17.9. The molecule has 0 aliphatic carbocycles. The van der Waals surface area contributed by atoms with Crippen molar-refractivity contribution in [2.24, 2.45) is 0 Å². The number of hydrogen-bond donors (Lipinski definition) is 2. The van der Waals surface area contributed by atoms with Crippen LogP contribution in [0.1, 0.15) is 41.5 Å². The van der Waals surface area contributed by atoms with Crippen LogP contribution in [0.15, 0.2) is 79.1 Å². The molecule has 2 N–H and O–H groups in total. The lowest BCUT2D eigenvalue weighted by atomic mass is 10.0. The van der Waals surface area contributed by atoms with Gasteiger partial charge in [-0.15, -0.1) is 0 Å². The predicted molar refractivity (Wildman–Crippen MR) is 150 cm³/mol. The summed E-state index contributed by atoms with van der Waals surface area (Å²) in [6.45, 7) is 5.72. The van der Waals surface area contributed by atoms with Gasteiger partial charge < -0.3 is 24.8 Å². The topological polar surface area (TPSA) is 71.4 Å². The van der Waals surface area contributed by atoms with Gasteiger partial charge in [0.1, 0.15) is 11.8 Å². The van der Waals surface area contributed by atoms with Crippen molar-refractivity contribution < 1.29 is 9.53 Å². The summed E-state index contributed by atoms with van der Waals surface area (Å²) in [5.41, 5.74) is 6.92. The number of thiocarbonyl (C=S) groups is 1. The number of nitrogens with one attached hydrogen (secondary N) is 2. The fourth-order valence-corrected chi connectivity index (χ4v) is 5.16. The number of carbonyl (C=O) groups is 1. The van der Waals surface area contributed by atoms with E-state index in [9.17, 15) is 4.79 Å². The molecule has 0 radical (unpaired) electrons. The number of rotatable bonds is 6. The van der Waals surface area contributed by atoms with E-state index >= 15 is 0 Å². The molecule has 188 valence electrons. The summed E-state index contributed by atoms with van der Waals surface area (Å²) < 4.78 is 7.68. The lowest BCUT2D eigenvalue weighted by Gasteiger charge is -2.29. The summed E-state index contributed by atoms with van der Waals surface area (Å²) in [5.74, 6) is 0.400. The Kier molecular flexibility index (Phi) is 6.67. The van der Waals surface area contributed by atoms with Crippen molar-refractivity contribution >= 4 is 34.6 Å². The largest absolute Gasteiger partial charge is 0.495 e. The molecule has 37 heavy (non-hydrogen) atoms. The first kappa shape index (κ1) is 24.5. The number of ether oxygens (including phenoxy) is 1. The van der Waals surface area contributed by atoms with E-state index in [0.29, 0.717) is 16.5 Å². The number of nitrogens with zero attached hydrogens (tertiary/aromatic N) is 3. The monoisotopic (exact) mass is 511 g/mol. The first-order valence-corrected chi connectivity index (χ1v) is 12.5. The van der Waals surface area contributed by atoms with E-state index in [-0.39, 0.29) is 18.0 Å². The minimum Gasteiger partial charge on any atom is -0.495 e. The van der Waals surface area contributed by atoms with Crippen molar-refractivity contribution in [3.8, 4) is 11.4 Å². The average molecular weight is 512 g/mol. The molecule has 7 nitrogen and oxygen atoms in total. The third-order valence-corrected chi connectivity index (χ3v) is 7.04. The van der Waals surface area contributed by atoms with E-state index in [2.05, 4.69) is 75.5 Å². The Hall–Kier alpha value is -4.17. The van der Waals surface area contributed by atoms with Gasteiger partial charge in [-0.1, -0.05) is 12.1 Å². The van der Waals surface area contributed by atoms with E-state index in [4.69, 9.17) is 17.0 Å². The molecule has 4 aromatic rings. The maximum atomic E-state index is 11.9. The third-order valence-electron chi connectivity index (χ3n) is 6.72. The molecule has 5 rings (SSSR count). The number of aromatic nitrogens is 2. The Labute approximate surface area is 222 Å². The van der Waals surface area contributed by atoms with Crippen molar-refractivity contribution in [1.29, 1.82) is 0 Å². The Morgan fingerprint density at radius 2 is 1.84 bits per heavy atom. The fourth-order valence-electron chi connectivity index (χ4n) is 4.81. The summed E-state index contributed by atoms with van der Waals surface area (Å²) in [7, 11) is 1.58. The number of anilines is 2. The zero-order valence-corrected chi connectivity index (χ0v) is 22.0. The van der Waals surface area contributed by atoms with E-state index in [1.165, 1.54) is 18.1 Å². The highest BCUT2D eigenvalue weighted by Crippen LogP contribution is 2.43. The third kappa shape index (κ3) is 4.68. The molecule has 1 amide bonds. The summed E-state index contributed by atoms with van der Waals surface area (Å²) >= 11 is 5.90. The number of hydrogen-bond acceptors (Lipinski definition) is 4. The number of aryl methyl sites for hydroxylation is 2. The quantitative estimate of drug-likeness (QED) is 0.327. The zero-order chi connectivity index (χ0) is 26.1. The number of carbonyl (C=O) groups excluding carboxylic acids is 1. The molecule has 2 aromatic carbocycles. The predicted octanol–water partition coefficient (Wildman–Crippen LogP) is 5.63. The van der Waals surface area contributed by atoms with Gasteiger partial charge in [-0.3, -0.25) is 9.78 Å². The minimum atomic E-state index is -0.211. The second-order valence-corrected chi connectivity index (χ2v) is 9.52. The second kappa shape index (κ2) is 10.1. The van der Waals surface area contributed by atoms with Crippen LogP contribution < -0.4 is 20.3 Å². The van der Waals surface area contributed by atoms with Gasteiger partial charge in [0, 0.05) is 36.4 Å². The van der Waals surface area contributed by atoms with Gasteiger partial charge >= 0.3 is 0 Å². The number of methoxy groups -OCH3 is 1. The van der Waals surface area contributed by atoms with Crippen LogP contribution in [-0.2, 0) is 4.79 Å². The van der Waals surface area contributed by atoms with Crippen molar-refractivity contribution in [2.45, 2.75) is 32.9 Å². The molecular formula is C29H29N5O2S. The van der Waals surface area contributed by atoms with Crippen molar-refractivity contribution in [1.82, 2.24) is 14.9 Å². The van der Waals surface area contributed by atoms with Gasteiger partial charge in [0.25, 0.3) is 0 Å². The molecule has 2 atom stereocenters.